The molecule has 0 aliphatic carbocycles. The zero-order chi connectivity index (χ0) is 12.9. The van der Waals surface area contributed by atoms with Gasteiger partial charge >= 0.3 is 0 Å². The lowest BCUT2D eigenvalue weighted by atomic mass is 10.1. The molecule has 3 rings (SSSR count). The minimum Gasteiger partial charge on any atom is -0.388 e. The average Bonchev–Trinajstić information content (AvgIpc) is 2.88. The number of aliphatic hydroxyl groups excluding tert-OH is 2. The monoisotopic (exact) mass is 251 g/mol. The van der Waals surface area contributed by atoms with Crippen molar-refractivity contribution in [2.24, 2.45) is 0 Å². The third kappa shape index (κ3) is 1.47. The number of rotatable bonds is 1. The van der Waals surface area contributed by atoms with Gasteiger partial charge in [0.1, 0.15) is 24.1 Å². The molecule has 0 amide bonds. The van der Waals surface area contributed by atoms with Crippen LogP contribution in [-0.4, -0.2) is 48.0 Å². The first-order valence-corrected chi connectivity index (χ1v) is 5.54. The van der Waals surface area contributed by atoms with E-state index in [4.69, 9.17) is 10.5 Å². The Balaban J connectivity index is 2.08. The normalized spacial score (nSPS) is 32.2. The lowest BCUT2D eigenvalue weighted by Crippen LogP contribution is -2.30. The highest BCUT2D eigenvalue weighted by Crippen LogP contribution is 2.31. The topological polar surface area (TPSA) is 119 Å². The Morgan fingerprint density at radius 2 is 2.06 bits per heavy atom. The first-order valence-electron chi connectivity index (χ1n) is 5.54. The van der Waals surface area contributed by atoms with Crippen LogP contribution in [0, 0.1) is 0 Å². The fraction of sp³-hybridized carbons (Fsp3) is 0.500. The van der Waals surface area contributed by atoms with Gasteiger partial charge in [0, 0.05) is 0 Å². The lowest BCUT2D eigenvalue weighted by Gasteiger charge is -2.16. The van der Waals surface area contributed by atoms with Gasteiger partial charge in [-0.3, -0.25) is 4.57 Å². The molecule has 1 fully saturated rings. The van der Waals surface area contributed by atoms with Crippen molar-refractivity contribution in [2.75, 3.05) is 5.73 Å². The zero-order valence-corrected chi connectivity index (χ0v) is 9.63. The Labute approximate surface area is 102 Å². The summed E-state index contributed by atoms with van der Waals surface area (Å²) in [6, 6.07) is 0. The predicted molar refractivity (Wildman–Crippen MR) is 61.3 cm³/mol. The molecule has 0 radical (unpaired) electrons. The summed E-state index contributed by atoms with van der Waals surface area (Å²) in [7, 11) is 0. The molecule has 0 spiro atoms. The molecular formula is C10H13N5O3. The summed E-state index contributed by atoms with van der Waals surface area (Å²) in [5, 5.41) is 19.6. The van der Waals surface area contributed by atoms with Crippen LogP contribution in [0.2, 0.25) is 0 Å². The molecule has 8 nitrogen and oxygen atoms in total. The molecule has 4 N–H and O–H groups in total. The Hall–Kier alpha value is -1.77. The van der Waals surface area contributed by atoms with E-state index in [1.54, 1.807) is 11.5 Å². The van der Waals surface area contributed by atoms with Gasteiger partial charge in [-0.15, -0.1) is 0 Å². The van der Waals surface area contributed by atoms with Crippen LogP contribution in [0.15, 0.2) is 12.7 Å². The SMILES string of the molecule is C[C@@H]1O[C@H](n2cnc3c(N)ncnc32)[C@@H](O)[C@H]1O. The highest BCUT2D eigenvalue weighted by Gasteiger charge is 2.41. The standard InChI is InChI=1S/C10H13N5O3/c1-4-6(16)7(17)10(18-4)15-3-14-5-8(11)12-2-13-9(5)15/h2-4,6-7,10,16-17H,1H3,(H2,11,12,13)/t4-,6-,7-,10-/m0/s1. The van der Waals surface area contributed by atoms with Crippen LogP contribution in [0.4, 0.5) is 5.82 Å². The molecule has 1 aliphatic heterocycles. The lowest BCUT2D eigenvalue weighted by molar-refractivity contribution is -0.0299. The molecule has 4 atom stereocenters. The molecule has 1 saturated heterocycles. The largest absolute Gasteiger partial charge is 0.388 e. The van der Waals surface area contributed by atoms with Crippen LogP contribution in [0.3, 0.4) is 0 Å². The number of fused-ring (bicyclic) bond motifs is 1. The molecule has 8 heteroatoms. The van der Waals surface area contributed by atoms with Crippen LogP contribution >= 0.6 is 0 Å². The summed E-state index contributed by atoms with van der Waals surface area (Å²) in [6.45, 7) is 1.69. The maximum absolute atomic E-state index is 9.93. The second-order valence-electron chi connectivity index (χ2n) is 4.30. The number of nitrogens with zero attached hydrogens (tertiary/aromatic N) is 4. The van der Waals surface area contributed by atoms with Crippen LogP contribution < -0.4 is 5.73 Å². The Morgan fingerprint density at radius 3 is 2.72 bits per heavy atom. The van der Waals surface area contributed by atoms with Gasteiger partial charge in [0.2, 0.25) is 0 Å². The van der Waals surface area contributed by atoms with Crippen molar-refractivity contribution >= 4 is 17.0 Å². The Bertz CT molecular complexity index is 586. The van der Waals surface area contributed by atoms with Crippen molar-refractivity contribution in [2.45, 2.75) is 31.5 Å². The Morgan fingerprint density at radius 1 is 1.28 bits per heavy atom. The minimum atomic E-state index is -1.03. The van der Waals surface area contributed by atoms with Crippen LogP contribution in [0.25, 0.3) is 11.2 Å². The third-order valence-electron chi connectivity index (χ3n) is 3.14. The van der Waals surface area contributed by atoms with Crippen molar-refractivity contribution in [3.63, 3.8) is 0 Å². The van der Waals surface area contributed by atoms with E-state index in [-0.39, 0.29) is 5.82 Å². The summed E-state index contributed by atoms with van der Waals surface area (Å²) >= 11 is 0. The predicted octanol–water partition coefficient (Wildman–Crippen LogP) is -0.952. The summed E-state index contributed by atoms with van der Waals surface area (Å²) in [6.07, 6.45) is -0.373. The Kier molecular flexibility index (Phi) is 2.44. The van der Waals surface area contributed by atoms with Gasteiger partial charge in [0.05, 0.1) is 12.4 Å². The molecular weight excluding hydrogens is 238 g/mol. The van der Waals surface area contributed by atoms with E-state index in [9.17, 15) is 10.2 Å². The van der Waals surface area contributed by atoms with E-state index >= 15 is 0 Å². The number of hydrogen-bond donors (Lipinski definition) is 3. The van der Waals surface area contributed by atoms with E-state index in [1.807, 2.05) is 0 Å². The van der Waals surface area contributed by atoms with Gasteiger partial charge in [-0.25, -0.2) is 15.0 Å². The molecule has 0 bridgehead atoms. The van der Waals surface area contributed by atoms with E-state index < -0.39 is 24.5 Å². The second kappa shape index (κ2) is 3.87. The smallest absolute Gasteiger partial charge is 0.167 e. The molecule has 3 heterocycles. The highest BCUT2D eigenvalue weighted by molar-refractivity contribution is 5.81. The number of nitrogen functional groups attached to an aromatic ring is 1. The molecule has 0 saturated carbocycles. The van der Waals surface area contributed by atoms with E-state index in [0.717, 1.165) is 0 Å². The van der Waals surface area contributed by atoms with Crippen LogP contribution in [0.5, 0.6) is 0 Å². The van der Waals surface area contributed by atoms with E-state index in [2.05, 4.69) is 15.0 Å². The average molecular weight is 251 g/mol. The first-order chi connectivity index (χ1) is 8.59. The number of aliphatic hydroxyl groups is 2. The number of ether oxygens (including phenoxy) is 1. The fourth-order valence-corrected chi connectivity index (χ4v) is 2.11. The van der Waals surface area contributed by atoms with Gasteiger partial charge in [0.25, 0.3) is 0 Å². The van der Waals surface area contributed by atoms with Gasteiger partial charge < -0.3 is 20.7 Å². The van der Waals surface area contributed by atoms with Crippen molar-refractivity contribution in [3.05, 3.63) is 12.7 Å². The molecule has 2 aromatic heterocycles. The van der Waals surface area contributed by atoms with E-state index in [0.29, 0.717) is 11.2 Å². The van der Waals surface area contributed by atoms with Crippen molar-refractivity contribution in [1.82, 2.24) is 19.5 Å². The quantitative estimate of drug-likeness (QED) is 0.597. The van der Waals surface area contributed by atoms with Gasteiger partial charge in [-0.1, -0.05) is 0 Å². The van der Waals surface area contributed by atoms with Crippen molar-refractivity contribution < 1.29 is 14.9 Å². The summed E-state index contributed by atoms with van der Waals surface area (Å²) in [4.78, 5) is 12.0. The minimum absolute atomic E-state index is 0.264. The van der Waals surface area contributed by atoms with Crippen molar-refractivity contribution in [1.29, 1.82) is 0 Å². The second-order valence-corrected chi connectivity index (χ2v) is 4.30. The number of hydrogen-bond acceptors (Lipinski definition) is 7. The molecule has 1 aliphatic rings. The van der Waals surface area contributed by atoms with Crippen LogP contribution in [0.1, 0.15) is 13.2 Å². The number of aromatic nitrogens is 4. The number of nitrogens with two attached hydrogens (primary N) is 1. The molecule has 0 unspecified atom stereocenters. The summed E-state index contributed by atoms with van der Waals surface area (Å²) in [5.41, 5.74) is 6.59. The zero-order valence-electron chi connectivity index (χ0n) is 9.63. The first kappa shape index (κ1) is 11.3. The molecule has 2 aromatic rings. The number of anilines is 1. The van der Waals surface area contributed by atoms with Crippen LogP contribution in [-0.2, 0) is 4.74 Å². The molecule has 96 valence electrons. The van der Waals surface area contributed by atoms with Gasteiger partial charge in [0.15, 0.2) is 17.7 Å². The highest BCUT2D eigenvalue weighted by atomic mass is 16.6. The van der Waals surface area contributed by atoms with Crippen molar-refractivity contribution in [3.8, 4) is 0 Å². The number of imidazole rings is 1. The maximum Gasteiger partial charge on any atom is 0.167 e. The van der Waals surface area contributed by atoms with Gasteiger partial charge in [-0.05, 0) is 6.92 Å². The van der Waals surface area contributed by atoms with E-state index in [1.165, 1.54) is 12.7 Å². The molecule has 18 heavy (non-hydrogen) atoms. The maximum atomic E-state index is 9.93. The summed E-state index contributed by atoms with van der Waals surface area (Å²) in [5.74, 6) is 0.264. The third-order valence-corrected chi connectivity index (χ3v) is 3.14. The van der Waals surface area contributed by atoms with Gasteiger partial charge in [-0.2, -0.15) is 0 Å². The summed E-state index contributed by atoms with van der Waals surface area (Å²) < 4.78 is 7.05. The fourth-order valence-electron chi connectivity index (χ4n) is 2.11. The molecule has 0 aromatic carbocycles.